The number of hydrogen-bond donors (Lipinski definition) is 0. The number of aryl methyl sites for hydroxylation is 1. The van der Waals surface area contributed by atoms with Gasteiger partial charge in [0.2, 0.25) is 5.95 Å². The number of hydrogen-bond acceptors (Lipinski definition) is 4. The molecule has 0 aromatic carbocycles. The van der Waals surface area contributed by atoms with E-state index in [9.17, 15) is 0 Å². The van der Waals surface area contributed by atoms with Crippen molar-refractivity contribution in [2.24, 2.45) is 0 Å². The summed E-state index contributed by atoms with van der Waals surface area (Å²) in [7, 11) is 2.19. The first-order chi connectivity index (χ1) is 9.00. The summed E-state index contributed by atoms with van der Waals surface area (Å²) in [5.74, 6) is 0.856. The average Bonchev–Trinajstić information content (AvgIpc) is 2.44. The smallest absolute Gasteiger partial charge is 0.225 e. The van der Waals surface area contributed by atoms with Crippen molar-refractivity contribution in [3.8, 4) is 0 Å². The van der Waals surface area contributed by atoms with Crippen LogP contribution >= 0.6 is 0 Å². The molecule has 2 heterocycles. The molecular formula is C15H28N4. The minimum atomic E-state index is 0.443. The Morgan fingerprint density at radius 2 is 1.58 bits per heavy atom. The molecule has 1 aromatic heterocycles. The van der Waals surface area contributed by atoms with Crippen LogP contribution in [0.1, 0.15) is 40.2 Å². The minimum Gasteiger partial charge on any atom is -0.335 e. The van der Waals surface area contributed by atoms with Crippen LogP contribution in [0.5, 0.6) is 0 Å². The first-order valence-corrected chi connectivity index (χ1v) is 7.28. The largest absolute Gasteiger partial charge is 0.335 e. The molecule has 19 heavy (non-hydrogen) atoms. The fourth-order valence-corrected chi connectivity index (χ4v) is 2.38. The summed E-state index contributed by atoms with van der Waals surface area (Å²) in [5, 5.41) is 0. The maximum absolute atomic E-state index is 4.44. The van der Waals surface area contributed by atoms with Crippen LogP contribution in [0.25, 0.3) is 0 Å². The second-order valence-corrected chi connectivity index (χ2v) is 5.21. The lowest BCUT2D eigenvalue weighted by molar-refractivity contribution is 0.138. The number of aromatic nitrogens is 2. The first-order valence-electron chi connectivity index (χ1n) is 7.28. The van der Waals surface area contributed by atoms with Gasteiger partial charge in [-0.3, -0.25) is 4.90 Å². The number of anilines is 1. The normalized spacial score (nSPS) is 27.7. The average molecular weight is 264 g/mol. The molecule has 0 spiro atoms. The minimum absolute atomic E-state index is 0.443. The van der Waals surface area contributed by atoms with Crippen LogP contribution in [0.3, 0.4) is 0 Å². The summed E-state index contributed by atoms with van der Waals surface area (Å²) in [6, 6.07) is 1.49. The monoisotopic (exact) mass is 264 g/mol. The van der Waals surface area contributed by atoms with Crippen molar-refractivity contribution in [1.82, 2.24) is 14.9 Å². The Morgan fingerprint density at radius 1 is 1.05 bits per heavy atom. The van der Waals surface area contributed by atoms with E-state index in [1.54, 1.807) is 0 Å². The van der Waals surface area contributed by atoms with E-state index in [4.69, 9.17) is 0 Å². The molecule has 4 heteroatoms. The predicted octanol–water partition coefficient (Wildman–Crippen LogP) is 2.73. The molecular weight excluding hydrogens is 236 g/mol. The summed E-state index contributed by atoms with van der Waals surface area (Å²) in [4.78, 5) is 13.6. The lowest BCUT2D eigenvalue weighted by Gasteiger charge is -2.47. The van der Waals surface area contributed by atoms with Gasteiger partial charge in [0.1, 0.15) is 0 Å². The van der Waals surface area contributed by atoms with Gasteiger partial charge in [-0.1, -0.05) is 13.8 Å². The maximum atomic E-state index is 4.44. The van der Waals surface area contributed by atoms with E-state index in [-0.39, 0.29) is 0 Å². The standard InChI is InChI=1S/C13H22N4.C2H6/c1-9-6-14-13(15-7-9)17-8-10(2)16(5)11(3)12(17)4;1-2/h6-7,10-12H,8H2,1-5H3;1-2H3. The molecule has 2 rings (SSSR count). The number of likely N-dealkylation sites (N-methyl/N-ethyl adjacent to an activating group) is 1. The molecule has 1 aliphatic heterocycles. The molecule has 0 N–H and O–H groups in total. The molecule has 108 valence electrons. The lowest BCUT2D eigenvalue weighted by atomic mass is 10.0. The second kappa shape index (κ2) is 6.85. The summed E-state index contributed by atoms with van der Waals surface area (Å²) >= 11 is 0. The van der Waals surface area contributed by atoms with Gasteiger partial charge in [-0.2, -0.15) is 0 Å². The molecule has 0 aliphatic carbocycles. The zero-order chi connectivity index (χ0) is 14.6. The van der Waals surface area contributed by atoms with Crippen molar-refractivity contribution in [3.05, 3.63) is 18.0 Å². The van der Waals surface area contributed by atoms with Gasteiger partial charge in [-0.15, -0.1) is 0 Å². The Bertz CT molecular complexity index is 376. The number of nitrogens with zero attached hydrogens (tertiary/aromatic N) is 4. The van der Waals surface area contributed by atoms with Gasteiger partial charge < -0.3 is 4.90 Å². The molecule has 1 saturated heterocycles. The summed E-state index contributed by atoms with van der Waals surface area (Å²) in [5.41, 5.74) is 1.11. The Hall–Kier alpha value is -1.16. The molecule has 1 aliphatic rings. The summed E-state index contributed by atoms with van der Waals surface area (Å²) in [6.07, 6.45) is 3.78. The van der Waals surface area contributed by atoms with E-state index in [1.165, 1.54) is 0 Å². The molecule has 3 atom stereocenters. The van der Waals surface area contributed by atoms with Crippen molar-refractivity contribution in [2.45, 2.75) is 59.7 Å². The molecule has 0 amide bonds. The molecule has 4 nitrogen and oxygen atoms in total. The van der Waals surface area contributed by atoms with Crippen LogP contribution in [0.4, 0.5) is 5.95 Å². The lowest BCUT2D eigenvalue weighted by Crippen LogP contribution is -2.60. The van der Waals surface area contributed by atoms with E-state index in [1.807, 2.05) is 33.2 Å². The Morgan fingerprint density at radius 3 is 2.11 bits per heavy atom. The van der Waals surface area contributed by atoms with Crippen LogP contribution in [0, 0.1) is 6.92 Å². The third kappa shape index (κ3) is 3.44. The van der Waals surface area contributed by atoms with Crippen molar-refractivity contribution in [1.29, 1.82) is 0 Å². The van der Waals surface area contributed by atoms with Crippen molar-refractivity contribution < 1.29 is 0 Å². The van der Waals surface area contributed by atoms with E-state index >= 15 is 0 Å². The SMILES string of the molecule is CC.Cc1cnc(N2CC(C)N(C)C(C)C2C)nc1. The van der Waals surface area contributed by atoms with E-state index in [0.717, 1.165) is 18.1 Å². The van der Waals surface area contributed by atoms with Crippen LogP contribution in [-0.2, 0) is 0 Å². The van der Waals surface area contributed by atoms with Gasteiger partial charge >= 0.3 is 0 Å². The molecule has 3 unspecified atom stereocenters. The zero-order valence-electron chi connectivity index (χ0n) is 13.4. The molecule has 0 saturated carbocycles. The third-order valence-corrected chi connectivity index (χ3v) is 4.01. The van der Waals surface area contributed by atoms with E-state index < -0.39 is 0 Å². The fraction of sp³-hybridized carbons (Fsp3) is 0.733. The zero-order valence-corrected chi connectivity index (χ0v) is 13.4. The fourth-order valence-electron chi connectivity index (χ4n) is 2.38. The molecule has 0 bridgehead atoms. The predicted molar refractivity (Wildman–Crippen MR) is 81.6 cm³/mol. The van der Waals surface area contributed by atoms with Crippen molar-refractivity contribution in [2.75, 3.05) is 18.5 Å². The Kier molecular flexibility index (Phi) is 5.73. The molecule has 1 aromatic rings. The van der Waals surface area contributed by atoms with Gasteiger partial charge in [-0.05, 0) is 40.3 Å². The van der Waals surface area contributed by atoms with Crippen molar-refractivity contribution >= 4 is 5.95 Å². The third-order valence-electron chi connectivity index (χ3n) is 4.01. The van der Waals surface area contributed by atoms with Crippen LogP contribution in [0.2, 0.25) is 0 Å². The van der Waals surface area contributed by atoms with E-state index in [2.05, 4.69) is 47.6 Å². The molecule has 1 fully saturated rings. The van der Waals surface area contributed by atoms with Crippen LogP contribution < -0.4 is 4.90 Å². The number of piperazine rings is 1. The highest BCUT2D eigenvalue weighted by Gasteiger charge is 2.33. The Balaban J connectivity index is 0.000000861. The van der Waals surface area contributed by atoms with Gasteiger partial charge in [0.15, 0.2) is 0 Å². The van der Waals surface area contributed by atoms with Gasteiger partial charge in [0.25, 0.3) is 0 Å². The maximum Gasteiger partial charge on any atom is 0.225 e. The first kappa shape index (κ1) is 15.9. The second-order valence-electron chi connectivity index (χ2n) is 5.21. The van der Waals surface area contributed by atoms with Gasteiger partial charge in [-0.25, -0.2) is 9.97 Å². The molecule has 0 radical (unpaired) electrons. The highest BCUT2D eigenvalue weighted by atomic mass is 15.4. The van der Waals surface area contributed by atoms with Crippen LogP contribution in [-0.4, -0.2) is 46.6 Å². The topological polar surface area (TPSA) is 32.3 Å². The van der Waals surface area contributed by atoms with Gasteiger partial charge in [0, 0.05) is 37.1 Å². The summed E-state index contributed by atoms with van der Waals surface area (Å²) < 4.78 is 0. The van der Waals surface area contributed by atoms with Gasteiger partial charge in [0.05, 0.1) is 0 Å². The highest BCUT2D eigenvalue weighted by molar-refractivity contribution is 5.33. The quantitative estimate of drug-likeness (QED) is 0.780. The summed E-state index contributed by atoms with van der Waals surface area (Å²) in [6.45, 7) is 13.8. The van der Waals surface area contributed by atoms with E-state index in [0.29, 0.717) is 18.1 Å². The number of rotatable bonds is 1. The van der Waals surface area contributed by atoms with Crippen molar-refractivity contribution in [3.63, 3.8) is 0 Å². The van der Waals surface area contributed by atoms with Crippen LogP contribution in [0.15, 0.2) is 12.4 Å². The highest BCUT2D eigenvalue weighted by Crippen LogP contribution is 2.23. The Labute approximate surface area is 117 Å².